The third-order valence-electron chi connectivity index (χ3n) is 2.32. The van der Waals surface area contributed by atoms with E-state index in [2.05, 4.69) is 34.5 Å². The van der Waals surface area contributed by atoms with Crippen molar-refractivity contribution in [3.05, 3.63) is 15.6 Å². The summed E-state index contributed by atoms with van der Waals surface area (Å²) in [6.07, 6.45) is 0. The first-order valence-corrected chi connectivity index (χ1v) is 6.72. The van der Waals surface area contributed by atoms with Crippen molar-refractivity contribution in [2.45, 2.75) is 34.2 Å². The number of rotatable bonds is 4. The van der Waals surface area contributed by atoms with E-state index in [-0.39, 0.29) is 24.0 Å². The van der Waals surface area contributed by atoms with Gasteiger partial charge in [-0.3, -0.25) is 4.99 Å². The second-order valence-electron chi connectivity index (χ2n) is 4.44. The first kappa shape index (κ1) is 17.6. The summed E-state index contributed by atoms with van der Waals surface area (Å²) in [5.74, 6) is 1.46. The Kier molecular flexibility index (Phi) is 8.51. The Balaban J connectivity index is 0.00000289. The maximum absolute atomic E-state index is 4.41. The molecule has 0 aliphatic rings. The molecule has 0 fully saturated rings. The molecule has 0 aromatic carbocycles. The fourth-order valence-electron chi connectivity index (χ4n) is 1.42. The minimum Gasteiger partial charge on any atom is -0.356 e. The highest BCUT2D eigenvalue weighted by atomic mass is 127. The van der Waals surface area contributed by atoms with Gasteiger partial charge >= 0.3 is 0 Å². The van der Waals surface area contributed by atoms with Crippen molar-refractivity contribution in [1.82, 2.24) is 15.6 Å². The molecule has 1 rings (SSSR count). The zero-order chi connectivity index (χ0) is 12.8. The predicted octanol–water partition coefficient (Wildman–Crippen LogP) is 2.70. The summed E-state index contributed by atoms with van der Waals surface area (Å²) in [7, 11) is 1.79. The largest absolute Gasteiger partial charge is 0.356 e. The van der Waals surface area contributed by atoms with E-state index in [9.17, 15) is 0 Å². The van der Waals surface area contributed by atoms with Gasteiger partial charge in [-0.15, -0.1) is 35.3 Å². The molecule has 104 valence electrons. The molecule has 2 N–H and O–H groups in total. The Morgan fingerprint density at radius 2 is 2.00 bits per heavy atom. The third kappa shape index (κ3) is 5.99. The lowest BCUT2D eigenvalue weighted by Gasteiger charge is -2.12. The van der Waals surface area contributed by atoms with E-state index >= 15 is 0 Å². The Bertz CT molecular complexity index is 387. The van der Waals surface area contributed by atoms with Gasteiger partial charge in [0.05, 0.1) is 17.2 Å². The number of aryl methyl sites for hydroxylation is 2. The molecule has 0 atom stereocenters. The number of nitrogens with zero attached hydrogens (tertiary/aromatic N) is 2. The van der Waals surface area contributed by atoms with Crippen LogP contribution in [0.15, 0.2) is 4.99 Å². The van der Waals surface area contributed by atoms with Gasteiger partial charge in [-0.1, -0.05) is 13.8 Å². The van der Waals surface area contributed by atoms with Crippen LogP contribution in [0.1, 0.15) is 29.4 Å². The van der Waals surface area contributed by atoms with Crippen molar-refractivity contribution >= 4 is 41.3 Å². The standard InChI is InChI=1S/C12H22N4S.HI/c1-8(2)6-14-12(13-5)15-7-11-9(3)16-10(4)17-11;/h8H,6-7H2,1-5H3,(H2,13,14,15);1H. The molecule has 0 saturated heterocycles. The van der Waals surface area contributed by atoms with Crippen LogP contribution in [-0.2, 0) is 6.54 Å². The van der Waals surface area contributed by atoms with Crippen LogP contribution in [0.3, 0.4) is 0 Å². The molecule has 4 nitrogen and oxygen atoms in total. The molecule has 0 bridgehead atoms. The van der Waals surface area contributed by atoms with Crippen molar-refractivity contribution in [3.8, 4) is 0 Å². The van der Waals surface area contributed by atoms with Gasteiger partial charge in [0.1, 0.15) is 0 Å². The molecule has 1 aromatic heterocycles. The molecule has 0 saturated carbocycles. The highest BCUT2D eigenvalue weighted by molar-refractivity contribution is 14.0. The summed E-state index contributed by atoms with van der Waals surface area (Å²) in [5.41, 5.74) is 1.11. The van der Waals surface area contributed by atoms with Crippen molar-refractivity contribution in [1.29, 1.82) is 0 Å². The van der Waals surface area contributed by atoms with E-state index in [1.165, 1.54) is 4.88 Å². The van der Waals surface area contributed by atoms with Crippen molar-refractivity contribution in [3.63, 3.8) is 0 Å². The first-order valence-electron chi connectivity index (χ1n) is 5.90. The van der Waals surface area contributed by atoms with Crippen LogP contribution >= 0.6 is 35.3 Å². The van der Waals surface area contributed by atoms with Crippen molar-refractivity contribution < 1.29 is 0 Å². The van der Waals surface area contributed by atoms with Crippen LogP contribution in [-0.4, -0.2) is 24.5 Å². The van der Waals surface area contributed by atoms with E-state index in [0.29, 0.717) is 5.92 Å². The topological polar surface area (TPSA) is 49.3 Å². The number of aromatic nitrogens is 1. The van der Waals surface area contributed by atoms with Crippen LogP contribution < -0.4 is 10.6 Å². The Labute approximate surface area is 131 Å². The predicted molar refractivity (Wildman–Crippen MR) is 90.0 cm³/mol. The van der Waals surface area contributed by atoms with E-state index in [1.807, 2.05) is 13.8 Å². The molecule has 18 heavy (non-hydrogen) atoms. The van der Waals surface area contributed by atoms with Gasteiger partial charge in [0.15, 0.2) is 5.96 Å². The lowest BCUT2D eigenvalue weighted by Crippen LogP contribution is -2.38. The van der Waals surface area contributed by atoms with Gasteiger partial charge < -0.3 is 10.6 Å². The van der Waals surface area contributed by atoms with Crippen LogP contribution in [0.5, 0.6) is 0 Å². The molecule has 0 spiro atoms. The Morgan fingerprint density at radius 1 is 1.33 bits per heavy atom. The fourth-order valence-corrected chi connectivity index (χ4v) is 2.30. The highest BCUT2D eigenvalue weighted by Gasteiger charge is 2.05. The number of nitrogens with one attached hydrogen (secondary N) is 2. The number of hydrogen-bond donors (Lipinski definition) is 2. The van der Waals surface area contributed by atoms with E-state index in [0.717, 1.165) is 29.8 Å². The first-order chi connectivity index (χ1) is 8.02. The van der Waals surface area contributed by atoms with Crippen molar-refractivity contribution in [2.24, 2.45) is 10.9 Å². The molecule has 0 unspecified atom stereocenters. The van der Waals surface area contributed by atoms with Gasteiger partial charge in [0.25, 0.3) is 0 Å². The van der Waals surface area contributed by atoms with Gasteiger partial charge in [-0.25, -0.2) is 4.98 Å². The number of hydrogen-bond acceptors (Lipinski definition) is 3. The zero-order valence-corrected chi connectivity index (χ0v) is 14.8. The Morgan fingerprint density at radius 3 is 2.44 bits per heavy atom. The maximum atomic E-state index is 4.41. The zero-order valence-electron chi connectivity index (χ0n) is 11.7. The van der Waals surface area contributed by atoms with Gasteiger partial charge in [-0.05, 0) is 19.8 Å². The van der Waals surface area contributed by atoms with E-state index < -0.39 is 0 Å². The monoisotopic (exact) mass is 382 g/mol. The third-order valence-corrected chi connectivity index (χ3v) is 3.39. The lowest BCUT2D eigenvalue weighted by atomic mass is 10.2. The SMILES string of the molecule is CN=C(NCc1sc(C)nc1C)NCC(C)C.I. The van der Waals surface area contributed by atoms with Gasteiger partial charge in [-0.2, -0.15) is 0 Å². The number of aliphatic imine (C=N–C) groups is 1. The Hall–Kier alpha value is -0.370. The molecule has 0 aliphatic heterocycles. The van der Waals surface area contributed by atoms with E-state index in [4.69, 9.17) is 0 Å². The molecule has 0 aliphatic carbocycles. The number of thiazole rings is 1. The molecule has 1 aromatic rings. The van der Waals surface area contributed by atoms with Crippen LogP contribution in [0, 0.1) is 19.8 Å². The summed E-state index contributed by atoms with van der Waals surface area (Å²) in [5, 5.41) is 7.71. The van der Waals surface area contributed by atoms with Gasteiger partial charge in [0, 0.05) is 18.5 Å². The van der Waals surface area contributed by atoms with Crippen LogP contribution in [0.2, 0.25) is 0 Å². The van der Waals surface area contributed by atoms with Crippen LogP contribution in [0.25, 0.3) is 0 Å². The molecule has 0 amide bonds. The second-order valence-corrected chi connectivity index (χ2v) is 5.73. The number of halogens is 1. The minimum atomic E-state index is 0. The summed E-state index contributed by atoms with van der Waals surface area (Å²) in [4.78, 5) is 9.87. The average Bonchev–Trinajstić information content (AvgIpc) is 2.57. The summed E-state index contributed by atoms with van der Waals surface area (Å²) in [6.45, 7) is 10.2. The summed E-state index contributed by atoms with van der Waals surface area (Å²) >= 11 is 1.73. The maximum Gasteiger partial charge on any atom is 0.191 e. The molecule has 6 heteroatoms. The normalized spacial score (nSPS) is 11.3. The van der Waals surface area contributed by atoms with Crippen LogP contribution in [0.4, 0.5) is 0 Å². The summed E-state index contributed by atoms with van der Waals surface area (Å²) in [6, 6.07) is 0. The van der Waals surface area contributed by atoms with E-state index in [1.54, 1.807) is 18.4 Å². The quantitative estimate of drug-likeness (QED) is 0.478. The molecular weight excluding hydrogens is 359 g/mol. The second kappa shape index (κ2) is 8.68. The molecule has 1 heterocycles. The van der Waals surface area contributed by atoms with Gasteiger partial charge in [0.2, 0.25) is 0 Å². The fraction of sp³-hybridized carbons (Fsp3) is 0.667. The number of guanidine groups is 1. The minimum absolute atomic E-state index is 0. The molecule has 0 radical (unpaired) electrons. The molecular formula is C12H23IN4S. The smallest absolute Gasteiger partial charge is 0.191 e. The highest BCUT2D eigenvalue weighted by Crippen LogP contribution is 2.16. The lowest BCUT2D eigenvalue weighted by molar-refractivity contribution is 0.615. The summed E-state index contributed by atoms with van der Waals surface area (Å²) < 4.78 is 0. The van der Waals surface area contributed by atoms with Crippen molar-refractivity contribution in [2.75, 3.05) is 13.6 Å². The average molecular weight is 382 g/mol.